The number of hydrogen-bond donors (Lipinski definition) is 0. The molecule has 0 unspecified atom stereocenters. The predicted molar refractivity (Wildman–Crippen MR) is 114 cm³/mol. The molecule has 126 valence electrons. The lowest BCUT2D eigenvalue weighted by Crippen LogP contribution is -2.17. The van der Waals surface area contributed by atoms with Crippen LogP contribution in [0.1, 0.15) is 22.3 Å². The molecular formula is C20H22Br2N2. The van der Waals surface area contributed by atoms with Crippen LogP contribution >= 0.6 is 31.9 Å². The highest BCUT2D eigenvalue weighted by Gasteiger charge is 2.11. The predicted octanol–water partition coefficient (Wildman–Crippen LogP) is 6.56. The zero-order valence-corrected chi connectivity index (χ0v) is 17.7. The van der Waals surface area contributed by atoms with Gasteiger partial charge < -0.3 is 0 Å². The number of rotatable bonds is 5. The van der Waals surface area contributed by atoms with E-state index in [4.69, 9.17) is 9.98 Å². The summed E-state index contributed by atoms with van der Waals surface area (Å²) in [5.74, 6) is 0. The summed E-state index contributed by atoms with van der Waals surface area (Å²) in [5, 5.41) is 1.33. The van der Waals surface area contributed by atoms with Gasteiger partial charge in [-0.3, -0.25) is 9.98 Å². The van der Waals surface area contributed by atoms with E-state index in [1.54, 1.807) is 0 Å². The maximum Gasteiger partial charge on any atom is 0.0739 e. The van der Waals surface area contributed by atoms with Gasteiger partial charge in [0.25, 0.3) is 0 Å². The number of halogens is 2. The molecule has 0 aliphatic heterocycles. The van der Waals surface area contributed by atoms with Crippen molar-refractivity contribution in [3.63, 3.8) is 0 Å². The summed E-state index contributed by atoms with van der Waals surface area (Å²) < 4.78 is 0. The van der Waals surface area contributed by atoms with Crippen molar-refractivity contribution in [1.29, 1.82) is 0 Å². The molecule has 0 saturated heterocycles. The average Bonchev–Trinajstić information content (AvgIpc) is 2.55. The van der Waals surface area contributed by atoms with Gasteiger partial charge in [-0.1, -0.05) is 68.3 Å². The minimum atomic E-state index is 0.663. The third-order valence-corrected chi connectivity index (χ3v) is 5.02. The van der Waals surface area contributed by atoms with Crippen LogP contribution in [-0.4, -0.2) is 22.1 Å². The van der Waals surface area contributed by atoms with Gasteiger partial charge >= 0.3 is 0 Å². The van der Waals surface area contributed by atoms with E-state index in [2.05, 4.69) is 96.0 Å². The lowest BCUT2D eigenvalue weighted by Gasteiger charge is -2.11. The van der Waals surface area contributed by atoms with E-state index in [-0.39, 0.29) is 0 Å². The normalized spacial score (nSPS) is 12.6. The Labute approximate surface area is 161 Å². The Hall–Kier alpha value is -1.26. The van der Waals surface area contributed by atoms with Gasteiger partial charge in [0.2, 0.25) is 0 Å². The van der Waals surface area contributed by atoms with E-state index in [1.807, 2.05) is 0 Å². The first-order valence-corrected chi connectivity index (χ1v) is 10.1. The molecular weight excluding hydrogens is 428 g/mol. The molecule has 4 heteroatoms. The number of nitrogens with zero attached hydrogens (tertiary/aromatic N) is 2. The fourth-order valence-corrected chi connectivity index (χ4v) is 3.48. The van der Waals surface area contributed by atoms with Crippen LogP contribution in [-0.2, 0) is 0 Å². The van der Waals surface area contributed by atoms with Gasteiger partial charge in [-0.25, -0.2) is 0 Å². The van der Waals surface area contributed by atoms with Crippen molar-refractivity contribution < 1.29 is 0 Å². The molecule has 2 aromatic rings. The van der Waals surface area contributed by atoms with Crippen molar-refractivity contribution in [2.75, 3.05) is 10.7 Å². The minimum absolute atomic E-state index is 0.663. The lowest BCUT2D eigenvalue weighted by molar-refractivity contribution is 1.32. The van der Waals surface area contributed by atoms with E-state index >= 15 is 0 Å². The van der Waals surface area contributed by atoms with Crippen molar-refractivity contribution in [2.24, 2.45) is 9.98 Å². The standard InChI is InChI=1S/C20H22Br2N2/c1-13-7-5-8-14(2)19(13)23-17(11-21)18(12-22)24-20-15(3)9-6-10-16(20)4/h5-10H,11-12H2,1-4H3. The summed E-state index contributed by atoms with van der Waals surface area (Å²) in [6, 6.07) is 12.5. The maximum absolute atomic E-state index is 4.91. The number of aryl methyl sites for hydroxylation is 4. The smallest absolute Gasteiger partial charge is 0.0739 e. The fourth-order valence-electron chi connectivity index (χ4n) is 2.58. The second kappa shape index (κ2) is 8.72. The zero-order valence-electron chi connectivity index (χ0n) is 14.5. The van der Waals surface area contributed by atoms with Gasteiger partial charge in [0.05, 0.1) is 22.8 Å². The summed E-state index contributed by atoms with van der Waals surface area (Å²) in [4.78, 5) is 9.82. The number of aliphatic imine (C=N–C) groups is 2. The van der Waals surface area contributed by atoms with Gasteiger partial charge in [0.15, 0.2) is 0 Å². The number of hydrogen-bond acceptors (Lipinski definition) is 2. The van der Waals surface area contributed by atoms with Crippen molar-refractivity contribution in [2.45, 2.75) is 27.7 Å². The van der Waals surface area contributed by atoms with Crippen LogP contribution < -0.4 is 0 Å². The van der Waals surface area contributed by atoms with Crippen molar-refractivity contribution >= 4 is 54.7 Å². The first-order valence-electron chi connectivity index (χ1n) is 7.87. The van der Waals surface area contributed by atoms with Crippen LogP contribution in [0.2, 0.25) is 0 Å². The van der Waals surface area contributed by atoms with Crippen molar-refractivity contribution in [1.82, 2.24) is 0 Å². The molecule has 2 rings (SSSR count). The van der Waals surface area contributed by atoms with Crippen LogP contribution in [0.4, 0.5) is 11.4 Å². The highest BCUT2D eigenvalue weighted by Crippen LogP contribution is 2.26. The molecule has 0 aliphatic carbocycles. The Balaban J connectivity index is 2.55. The number of alkyl halides is 2. The molecule has 0 heterocycles. The molecule has 0 atom stereocenters. The SMILES string of the molecule is Cc1cccc(C)c1N=C(CBr)C(CBr)=Nc1c(C)cccc1C. The molecule has 0 bridgehead atoms. The molecule has 0 aliphatic rings. The lowest BCUT2D eigenvalue weighted by atomic mass is 10.1. The third kappa shape index (κ3) is 4.42. The Kier molecular flexibility index (Phi) is 6.93. The molecule has 0 fully saturated rings. The second-order valence-electron chi connectivity index (χ2n) is 5.87. The Bertz CT molecular complexity index is 684. The molecule has 0 amide bonds. The van der Waals surface area contributed by atoms with E-state index in [0.29, 0.717) is 10.7 Å². The van der Waals surface area contributed by atoms with Crippen LogP contribution in [0.15, 0.2) is 46.4 Å². The Morgan fingerprint density at radius 2 is 0.958 bits per heavy atom. The second-order valence-corrected chi connectivity index (χ2v) is 6.99. The monoisotopic (exact) mass is 448 g/mol. The largest absolute Gasteiger partial charge is 0.250 e. The fraction of sp³-hybridized carbons (Fsp3) is 0.300. The van der Waals surface area contributed by atoms with E-state index < -0.39 is 0 Å². The Morgan fingerprint density at radius 1 is 0.667 bits per heavy atom. The first-order chi connectivity index (χ1) is 11.5. The van der Waals surface area contributed by atoms with Gasteiger partial charge in [-0.05, 0) is 49.9 Å². The van der Waals surface area contributed by atoms with Crippen molar-refractivity contribution in [3.05, 3.63) is 58.7 Å². The maximum atomic E-state index is 4.91. The molecule has 2 nitrogen and oxygen atoms in total. The molecule has 24 heavy (non-hydrogen) atoms. The topological polar surface area (TPSA) is 24.7 Å². The van der Waals surface area contributed by atoms with Crippen LogP contribution in [0.3, 0.4) is 0 Å². The van der Waals surface area contributed by atoms with Crippen LogP contribution in [0, 0.1) is 27.7 Å². The summed E-state index contributed by atoms with van der Waals surface area (Å²) in [5.41, 5.74) is 8.66. The summed E-state index contributed by atoms with van der Waals surface area (Å²) in [6.45, 7) is 8.37. The van der Waals surface area contributed by atoms with Gasteiger partial charge in [-0.2, -0.15) is 0 Å². The van der Waals surface area contributed by atoms with E-state index in [9.17, 15) is 0 Å². The summed E-state index contributed by atoms with van der Waals surface area (Å²) in [7, 11) is 0. The van der Waals surface area contributed by atoms with E-state index in [1.165, 1.54) is 22.3 Å². The molecule has 0 N–H and O–H groups in total. The number of para-hydroxylation sites is 2. The van der Waals surface area contributed by atoms with Crippen LogP contribution in [0.5, 0.6) is 0 Å². The molecule has 0 aromatic heterocycles. The Morgan fingerprint density at radius 3 is 1.21 bits per heavy atom. The number of benzene rings is 2. The van der Waals surface area contributed by atoms with Gasteiger partial charge in [0, 0.05) is 10.7 Å². The molecule has 0 saturated carbocycles. The minimum Gasteiger partial charge on any atom is -0.250 e. The zero-order chi connectivity index (χ0) is 17.7. The van der Waals surface area contributed by atoms with Gasteiger partial charge in [0.1, 0.15) is 0 Å². The molecule has 0 spiro atoms. The highest BCUT2D eigenvalue weighted by molar-refractivity contribution is 9.10. The molecule has 0 radical (unpaired) electrons. The van der Waals surface area contributed by atoms with Gasteiger partial charge in [-0.15, -0.1) is 0 Å². The summed E-state index contributed by atoms with van der Waals surface area (Å²) in [6.07, 6.45) is 0. The van der Waals surface area contributed by atoms with E-state index in [0.717, 1.165) is 22.8 Å². The quantitative estimate of drug-likeness (QED) is 0.365. The highest BCUT2D eigenvalue weighted by atomic mass is 79.9. The van der Waals surface area contributed by atoms with Crippen LogP contribution in [0.25, 0.3) is 0 Å². The average molecular weight is 450 g/mol. The first kappa shape index (κ1) is 19.1. The summed E-state index contributed by atoms with van der Waals surface area (Å²) >= 11 is 7.16. The third-order valence-electron chi connectivity index (χ3n) is 3.96. The van der Waals surface area contributed by atoms with Crippen molar-refractivity contribution in [3.8, 4) is 0 Å². The molecule has 2 aromatic carbocycles.